The predicted molar refractivity (Wildman–Crippen MR) is 79.4 cm³/mol. The van der Waals surface area contributed by atoms with Gasteiger partial charge in [0.2, 0.25) is 5.91 Å². The molecule has 1 aromatic rings. The number of likely N-dealkylation sites (tertiary alicyclic amines) is 1. The highest BCUT2D eigenvalue weighted by atomic mass is 16.2. The van der Waals surface area contributed by atoms with Gasteiger partial charge in [-0.1, -0.05) is 0 Å². The maximum atomic E-state index is 12.2. The third-order valence-electron chi connectivity index (χ3n) is 4.16. The van der Waals surface area contributed by atoms with Crippen molar-refractivity contribution < 1.29 is 4.79 Å². The highest BCUT2D eigenvalue weighted by Crippen LogP contribution is 2.20. The maximum Gasteiger partial charge on any atom is 0.222 e. The van der Waals surface area contributed by atoms with Gasteiger partial charge in [-0.25, -0.2) is 0 Å². The van der Waals surface area contributed by atoms with Gasteiger partial charge in [0.15, 0.2) is 0 Å². The number of aryl methyl sites for hydroxylation is 2. The molecule has 0 bridgehead atoms. The molecule has 0 aliphatic carbocycles. The molecule has 5 heteroatoms. The minimum atomic E-state index is 0.293. The van der Waals surface area contributed by atoms with Crippen LogP contribution in [0.25, 0.3) is 0 Å². The number of amides is 1. The Balaban J connectivity index is 1.69. The Kier molecular flexibility index (Phi) is 5.59. The Morgan fingerprint density at radius 1 is 1.45 bits per heavy atom. The summed E-state index contributed by atoms with van der Waals surface area (Å²) in [5.74, 6) is 1.07. The van der Waals surface area contributed by atoms with Crippen molar-refractivity contribution in [2.45, 2.75) is 32.1 Å². The summed E-state index contributed by atoms with van der Waals surface area (Å²) < 4.78 is 1.78. The van der Waals surface area contributed by atoms with E-state index in [1.165, 1.54) is 6.42 Å². The zero-order valence-electron chi connectivity index (χ0n) is 12.6. The molecule has 1 aliphatic heterocycles. The highest BCUT2D eigenvalue weighted by Gasteiger charge is 2.22. The van der Waals surface area contributed by atoms with Gasteiger partial charge >= 0.3 is 0 Å². The van der Waals surface area contributed by atoms with E-state index in [2.05, 4.69) is 10.4 Å². The summed E-state index contributed by atoms with van der Waals surface area (Å²) in [5.41, 5.74) is 1.14. The molecule has 20 heavy (non-hydrogen) atoms. The normalized spacial score (nSPS) is 16.6. The summed E-state index contributed by atoms with van der Waals surface area (Å²) in [5, 5.41) is 7.33. The van der Waals surface area contributed by atoms with Gasteiger partial charge in [0.05, 0.1) is 6.20 Å². The van der Waals surface area contributed by atoms with E-state index in [0.29, 0.717) is 12.3 Å². The zero-order chi connectivity index (χ0) is 14.4. The molecule has 1 saturated heterocycles. The first-order chi connectivity index (χ1) is 9.69. The third-order valence-corrected chi connectivity index (χ3v) is 4.16. The van der Waals surface area contributed by atoms with Crippen molar-refractivity contribution in [3.05, 3.63) is 18.0 Å². The Bertz CT molecular complexity index is 421. The van der Waals surface area contributed by atoms with Gasteiger partial charge in [0.1, 0.15) is 0 Å². The largest absolute Gasteiger partial charge is 0.343 e. The van der Waals surface area contributed by atoms with Crippen LogP contribution >= 0.6 is 0 Å². The number of carbonyl (C=O) groups excluding carboxylic acids is 1. The van der Waals surface area contributed by atoms with Crippen LogP contribution < -0.4 is 5.32 Å². The second-order valence-electron chi connectivity index (χ2n) is 5.74. The fraction of sp³-hybridized carbons (Fsp3) is 0.733. The van der Waals surface area contributed by atoms with E-state index < -0.39 is 0 Å². The topological polar surface area (TPSA) is 50.2 Å². The molecule has 112 valence electrons. The van der Waals surface area contributed by atoms with E-state index in [4.69, 9.17) is 0 Å². The average molecular weight is 278 g/mol. The Hall–Kier alpha value is -1.36. The monoisotopic (exact) mass is 278 g/mol. The first-order valence-corrected chi connectivity index (χ1v) is 7.59. The summed E-state index contributed by atoms with van der Waals surface area (Å²) in [6.07, 6.45) is 8.77. The van der Waals surface area contributed by atoms with Gasteiger partial charge in [-0.2, -0.15) is 5.10 Å². The number of nitrogens with zero attached hydrogens (tertiary/aromatic N) is 3. The van der Waals surface area contributed by atoms with Gasteiger partial charge in [-0.3, -0.25) is 9.48 Å². The number of carbonyl (C=O) groups is 1. The van der Waals surface area contributed by atoms with Crippen LogP contribution in [-0.2, 0) is 18.3 Å². The zero-order valence-corrected chi connectivity index (χ0v) is 12.6. The molecular weight excluding hydrogens is 252 g/mol. The van der Waals surface area contributed by atoms with Crippen molar-refractivity contribution in [2.75, 3.05) is 26.7 Å². The van der Waals surface area contributed by atoms with E-state index in [1.807, 2.05) is 31.4 Å². The minimum absolute atomic E-state index is 0.293. The molecule has 0 radical (unpaired) electrons. The van der Waals surface area contributed by atoms with Crippen LogP contribution in [0.2, 0.25) is 0 Å². The first-order valence-electron chi connectivity index (χ1n) is 7.59. The van der Waals surface area contributed by atoms with Gasteiger partial charge in [0, 0.05) is 32.8 Å². The van der Waals surface area contributed by atoms with Crippen LogP contribution in [0.3, 0.4) is 0 Å². The molecule has 0 aromatic carbocycles. The Morgan fingerprint density at radius 3 is 2.80 bits per heavy atom. The van der Waals surface area contributed by atoms with Crippen molar-refractivity contribution in [1.29, 1.82) is 0 Å². The summed E-state index contributed by atoms with van der Waals surface area (Å²) in [6, 6.07) is 0. The standard InChI is InChI=1S/C15H26N4O/c1-16-8-5-13-6-9-19(10-7-13)15(20)4-3-14-11-17-18(2)12-14/h11-13,16H,3-10H2,1-2H3. The van der Waals surface area contributed by atoms with Crippen LogP contribution in [-0.4, -0.2) is 47.3 Å². The molecule has 2 rings (SSSR count). The Morgan fingerprint density at radius 2 is 2.20 bits per heavy atom. The van der Waals surface area contributed by atoms with Crippen molar-refractivity contribution in [2.24, 2.45) is 13.0 Å². The summed E-state index contributed by atoms with van der Waals surface area (Å²) in [7, 11) is 3.90. The predicted octanol–water partition coefficient (Wildman–Crippen LogP) is 1.20. The number of hydrogen-bond donors (Lipinski definition) is 1. The molecule has 0 atom stereocenters. The molecule has 0 saturated carbocycles. The van der Waals surface area contributed by atoms with Crippen LogP contribution in [0.5, 0.6) is 0 Å². The molecular formula is C15H26N4O. The molecule has 1 amide bonds. The molecule has 0 unspecified atom stereocenters. The molecule has 1 N–H and O–H groups in total. The SMILES string of the molecule is CNCCC1CCN(C(=O)CCc2cnn(C)c2)CC1. The molecule has 5 nitrogen and oxygen atoms in total. The van der Waals surface area contributed by atoms with Crippen molar-refractivity contribution in [3.8, 4) is 0 Å². The second kappa shape index (κ2) is 7.43. The lowest BCUT2D eigenvalue weighted by molar-refractivity contribution is -0.132. The smallest absolute Gasteiger partial charge is 0.222 e. The van der Waals surface area contributed by atoms with Crippen LogP contribution in [0.1, 0.15) is 31.2 Å². The van der Waals surface area contributed by atoms with Gasteiger partial charge in [-0.15, -0.1) is 0 Å². The minimum Gasteiger partial charge on any atom is -0.343 e. The number of piperidine rings is 1. The third kappa shape index (κ3) is 4.34. The van der Waals surface area contributed by atoms with Crippen molar-refractivity contribution in [1.82, 2.24) is 20.0 Å². The Labute approximate surface area is 121 Å². The summed E-state index contributed by atoms with van der Waals surface area (Å²) in [6.45, 7) is 2.94. The number of rotatable bonds is 6. The van der Waals surface area contributed by atoms with E-state index in [1.54, 1.807) is 4.68 Å². The van der Waals surface area contributed by atoms with E-state index in [-0.39, 0.29) is 0 Å². The van der Waals surface area contributed by atoms with E-state index in [9.17, 15) is 4.79 Å². The molecule has 1 fully saturated rings. The van der Waals surface area contributed by atoms with Crippen LogP contribution in [0.15, 0.2) is 12.4 Å². The quantitative estimate of drug-likeness (QED) is 0.850. The first kappa shape index (κ1) is 15.0. The van der Waals surface area contributed by atoms with Gasteiger partial charge < -0.3 is 10.2 Å². The summed E-state index contributed by atoms with van der Waals surface area (Å²) >= 11 is 0. The van der Waals surface area contributed by atoms with Crippen LogP contribution in [0.4, 0.5) is 0 Å². The lowest BCUT2D eigenvalue weighted by Crippen LogP contribution is -2.39. The molecule has 2 heterocycles. The lowest BCUT2D eigenvalue weighted by Gasteiger charge is -2.32. The average Bonchev–Trinajstić information content (AvgIpc) is 2.89. The summed E-state index contributed by atoms with van der Waals surface area (Å²) in [4.78, 5) is 14.2. The fourth-order valence-electron chi connectivity index (χ4n) is 2.83. The van der Waals surface area contributed by atoms with Crippen molar-refractivity contribution in [3.63, 3.8) is 0 Å². The molecule has 1 aromatic heterocycles. The number of aromatic nitrogens is 2. The fourth-order valence-corrected chi connectivity index (χ4v) is 2.83. The number of nitrogens with one attached hydrogen (secondary N) is 1. The van der Waals surface area contributed by atoms with Crippen LogP contribution in [0, 0.1) is 5.92 Å². The van der Waals surface area contributed by atoms with Gasteiger partial charge in [-0.05, 0) is 50.8 Å². The lowest BCUT2D eigenvalue weighted by atomic mass is 9.93. The van der Waals surface area contributed by atoms with Crippen molar-refractivity contribution >= 4 is 5.91 Å². The molecule has 0 spiro atoms. The highest BCUT2D eigenvalue weighted by molar-refractivity contribution is 5.76. The molecule has 1 aliphatic rings. The van der Waals surface area contributed by atoms with E-state index >= 15 is 0 Å². The van der Waals surface area contributed by atoms with E-state index in [0.717, 1.165) is 50.4 Å². The number of hydrogen-bond acceptors (Lipinski definition) is 3. The maximum absolute atomic E-state index is 12.2. The van der Waals surface area contributed by atoms with Gasteiger partial charge in [0.25, 0.3) is 0 Å². The second-order valence-corrected chi connectivity index (χ2v) is 5.74.